The molecule has 1 atom stereocenters. The molecule has 0 rings (SSSR count). The third kappa shape index (κ3) is 7.78. The van der Waals surface area contributed by atoms with E-state index in [0.717, 1.165) is 38.8 Å². The Morgan fingerprint density at radius 2 is 2.18 bits per heavy atom. The molecule has 0 saturated heterocycles. The highest BCUT2D eigenvalue weighted by Crippen LogP contribution is 1.92. The molecular formula is C8H20N2O. The molecule has 0 saturated carbocycles. The summed E-state index contributed by atoms with van der Waals surface area (Å²) in [6, 6.07) is 0. The van der Waals surface area contributed by atoms with Gasteiger partial charge in [-0.3, -0.25) is 5.32 Å². The summed E-state index contributed by atoms with van der Waals surface area (Å²) in [7, 11) is 0. The fourth-order valence-corrected chi connectivity index (χ4v) is 0.914. The van der Waals surface area contributed by atoms with Crippen molar-refractivity contribution >= 4 is 0 Å². The second-order valence-electron chi connectivity index (χ2n) is 2.75. The van der Waals surface area contributed by atoms with Gasteiger partial charge in [0.15, 0.2) is 0 Å². The van der Waals surface area contributed by atoms with E-state index in [-0.39, 0.29) is 6.23 Å². The summed E-state index contributed by atoms with van der Waals surface area (Å²) in [6.07, 6.45) is 3.62. The first-order chi connectivity index (χ1) is 5.31. The molecule has 0 aromatic carbocycles. The first kappa shape index (κ1) is 10.9. The lowest BCUT2D eigenvalue weighted by atomic mass is 10.3. The quantitative estimate of drug-likeness (QED) is 0.374. The Hall–Kier alpha value is -0.120. The van der Waals surface area contributed by atoms with Crippen LogP contribution in [-0.4, -0.2) is 24.4 Å². The Bertz CT molecular complexity index is 78.5. The Kier molecular flexibility index (Phi) is 7.89. The molecule has 0 aliphatic carbocycles. The summed E-state index contributed by atoms with van der Waals surface area (Å²) in [5.74, 6) is 0. The second kappa shape index (κ2) is 7.98. The Morgan fingerprint density at radius 1 is 1.45 bits per heavy atom. The first-order valence-corrected chi connectivity index (χ1v) is 4.42. The van der Waals surface area contributed by atoms with Crippen molar-refractivity contribution in [1.82, 2.24) is 5.32 Å². The zero-order valence-electron chi connectivity index (χ0n) is 7.34. The number of hydrogen-bond donors (Lipinski definition) is 3. The lowest BCUT2D eigenvalue weighted by Gasteiger charge is -2.10. The number of aliphatic hydroxyl groups excluding tert-OH is 1. The van der Waals surface area contributed by atoms with Gasteiger partial charge in [-0.05, 0) is 32.4 Å². The third-order valence-corrected chi connectivity index (χ3v) is 1.57. The zero-order valence-corrected chi connectivity index (χ0v) is 7.34. The van der Waals surface area contributed by atoms with Crippen LogP contribution >= 0.6 is 0 Å². The minimum Gasteiger partial charge on any atom is -0.379 e. The fourth-order valence-electron chi connectivity index (χ4n) is 0.914. The molecule has 11 heavy (non-hydrogen) atoms. The summed E-state index contributed by atoms with van der Waals surface area (Å²) in [6.45, 7) is 3.68. The highest BCUT2D eigenvalue weighted by atomic mass is 16.3. The summed E-state index contributed by atoms with van der Waals surface area (Å²) < 4.78 is 0. The van der Waals surface area contributed by atoms with Crippen molar-refractivity contribution in [1.29, 1.82) is 0 Å². The van der Waals surface area contributed by atoms with Gasteiger partial charge < -0.3 is 10.8 Å². The van der Waals surface area contributed by atoms with Crippen LogP contribution in [0.2, 0.25) is 0 Å². The molecule has 0 spiro atoms. The van der Waals surface area contributed by atoms with Gasteiger partial charge in [0, 0.05) is 0 Å². The van der Waals surface area contributed by atoms with Gasteiger partial charge in [0.1, 0.15) is 6.23 Å². The number of hydrogen-bond acceptors (Lipinski definition) is 3. The van der Waals surface area contributed by atoms with Gasteiger partial charge in [0.25, 0.3) is 0 Å². The van der Waals surface area contributed by atoms with Crippen LogP contribution < -0.4 is 11.1 Å². The molecule has 0 aliphatic heterocycles. The van der Waals surface area contributed by atoms with Gasteiger partial charge >= 0.3 is 0 Å². The van der Waals surface area contributed by atoms with E-state index in [9.17, 15) is 5.11 Å². The molecule has 1 unspecified atom stereocenters. The van der Waals surface area contributed by atoms with Gasteiger partial charge in [-0.25, -0.2) is 0 Å². The molecule has 68 valence electrons. The van der Waals surface area contributed by atoms with Gasteiger partial charge in [-0.2, -0.15) is 0 Å². The second-order valence-corrected chi connectivity index (χ2v) is 2.75. The van der Waals surface area contributed by atoms with E-state index < -0.39 is 0 Å². The fraction of sp³-hybridized carbons (Fsp3) is 1.00. The van der Waals surface area contributed by atoms with Crippen LogP contribution in [0.15, 0.2) is 0 Å². The topological polar surface area (TPSA) is 58.3 Å². The molecule has 0 radical (unpaired) electrons. The van der Waals surface area contributed by atoms with Gasteiger partial charge in [-0.15, -0.1) is 0 Å². The summed E-state index contributed by atoms with van der Waals surface area (Å²) in [4.78, 5) is 0. The predicted molar refractivity (Wildman–Crippen MR) is 47.2 cm³/mol. The molecule has 0 amide bonds. The molecule has 0 heterocycles. The van der Waals surface area contributed by atoms with Crippen LogP contribution in [0.5, 0.6) is 0 Å². The summed E-state index contributed by atoms with van der Waals surface area (Å²) in [5, 5.41) is 12.2. The minimum absolute atomic E-state index is 0.322. The number of rotatable bonds is 7. The molecule has 0 aromatic heterocycles. The lowest BCUT2D eigenvalue weighted by Crippen LogP contribution is -2.29. The molecule has 4 N–H and O–H groups in total. The Labute approximate surface area is 69.0 Å². The van der Waals surface area contributed by atoms with Crippen molar-refractivity contribution in [3.8, 4) is 0 Å². The Morgan fingerprint density at radius 3 is 2.73 bits per heavy atom. The van der Waals surface area contributed by atoms with Gasteiger partial charge in [-0.1, -0.05) is 13.3 Å². The normalized spacial score (nSPS) is 13.4. The SMILES string of the molecule is CCCC(O)NCCCCN. The van der Waals surface area contributed by atoms with E-state index in [1.807, 2.05) is 0 Å². The number of aliphatic hydroxyl groups is 1. The van der Waals surface area contributed by atoms with Crippen LogP contribution in [0.3, 0.4) is 0 Å². The van der Waals surface area contributed by atoms with E-state index in [4.69, 9.17) is 5.73 Å². The van der Waals surface area contributed by atoms with Gasteiger partial charge in [0.05, 0.1) is 0 Å². The molecule has 0 aromatic rings. The molecule has 3 nitrogen and oxygen atoms in total. The maximum Gasteiger partial charge on any atom is 0.104 e. The average Bonchev–Trinajstić information content (AvgIpc) is 1.99. The largest absolute Gasteiger partial charge is 0.379 e. The van der Waals surface area contributed by atoms with Crippen molar-refractivity contribution in [2.45, 2.75) is 38.8 Å². The maximum absolute atomic E-state index is 9.21. The monoisotopic (exact) mass is 160 g/mol. The maximum atomic E-state index is 9.21. The highest BCUT2D eigenvalue weighted by molar-refractivity contribution is 4.52. The van der Waals surface area contributed by atoms with Crippen molar-refractivity contribution in [3.63, 3.8) is 0 Å². The lowest BCUT2D eigenvalue weighted by molar-refractivity contribution is 0.126. The third-order valence-electron chi connectivity index (χ3n) is 1.57. The Balaban J connectivity index is 2.97. The smallest absolute Gasteiger partial charge is 0.104 e. The van der Waals surface area contributed by atoms with Crippen molar-refractivity contribution in [3.05, 3.63) is 0 Å². The molecule has 0 bridgehead atoms. The number of nitrogens with one attached hydrogen (secondary N) is 1. The van der Waals surface area contributed by atoms with E-state index in [0.29, 0.717) is 0 Å². The van der Waals surface area contributed by atoms with E-state index in [2.05, 4.69) is 12.2 Å². The number of nitrogens with two attached hydrogens (primary N) is 1. The van der Waals surface area contributed by atoms with Crippen molar-refractivity contribution in [2.75, 3.05) is 13.1 Å². The van der Waals surface area contributed by atoms with Crippen LogP contribution in [-0.2, 0) is 0 Å². The average molecular weight is 160 g/mol. The first-order valence-electron chi connectivity index (χ1n) is 4.42. The van der Waals surface area contributed by atoms with Crippen LogP contribution in [0.25, 0.3) is 0 Å². The van der Waals surface area contributed by atoms with E-state index >= 15 is 0 Å². The minimum atomic E-state index is -0.322. The van der Waals surface area contributed by atoms with E-state index in [1.165, 1.54) is 0 Å². The molecular weight excluding hydrogens is 140 g/mol. The molecule has 3 heteroatoms. The highest BCUT2D eigenvalue weighted by Gasteiger charge is 1.98. The number of unbranched alkanes of at least 4 members (excludes halogenated alkanes) is 1. The molecule has 0 aliphatic rings. The summed E-state index contributed by atoms with van der Waals surface area (Å²) in [5.41, 5.74) is 5.31. The zero-order chi connectivity index (χ0) is 8.53. The standard InChI is InChI=1S/C8H20N2O/c1-2-5-8(11)10-7-4-3-6-9/h8,10-11H,2-7,9H2,1H3. The predicted octanol–water partition coefficient (Wildman–Crippen LogP) is 0.433. The van der Waals surface area contributed by atoms with Crippen LogP contribution in [0.4, 0.5) is 0 Å². The van der Waals surface area contributed by atoms with Gasteiger partial charge in [0.2, 0.25) is 0 Å². The molecule has 0 fully saturated rings. The van der Waals surface area contributed by atoms with Crippen molar-refractivity contribution in [2.24, 2.45) is 5.73 Å². The van der Waals surface area contributed by atoms with E-state index in [1.54, 1.807) is 0 Å². The van der Waals surface area contributed by atoms with Crippen molar-refractivity contribution < 1.29 is 5.11 Å². The summed E-state index contributed by atoms with van der Waals surface area (Å²) >= 11 is 0. The van der Waals surface area contributed by atoms with Crippen LogP contribution in [0.1, 0.15) is 32.6 Å². The van der Waals surface area contributed by atoms with Crippen LogP contribution in [0, 0.1) is 0 Å².